The highest BCUT2D eigenvalue weighted by Gasteiger charge is 2.14. The third kappa shape index (κ3) is 3.23. The second-order valence-electron chi connectivity index (χ2n) is 3.96. The molecule has 2 rings (SSSR count). The number of aromatic nitrogens is 1. The van der Waals surface area contributed by atoms with E-state index >= 15 is 0 Å². The van der Waals surface area contributed by atoms with E-state index < -0.39 is 5.97 Å². The number of hydrogen-bond acceptors (Lipinski definition) is 3. The van der Waals surface area contributed by atoms with Crippen molar-refractivity contribution >= 4 is 17.6 Å². The quantitative estimate of drug-likeness (QED) is 0.928. The number of nitrogens with zero attached hydrogens (tertiary/aromatic N) is 1. The summed E-state index contributed by atoms with van der Waals surface area (Å²) in [4.78, 5) is 14.8. The Bertz CT molecular complexity index is 586. The van der Waals surface area contributed by atoms with Crippen molar-refractivity contribution in [3.63, 3.8) is 0 Å². The Balaban J connectivity index is 2.20. The first-order valence-corrected chi connectivity index (χ1v) is 6.07. The second kappa shape index (κ2) is 5.71. The molecule has 1 N–H and O–H groups in total. The average Bonchev–Trinajstić information content (AvgIpc) is 2.41. The van der Waals surface area contributed by atoms with E-state index in [-0.39, 0.29) is 22.7 Å². The normalized spacial score (nSPS) is 11.9. The molecule has 0 aliphatic carbocycles. The number of pyridine rings is 1. The number of ether oxygens (including phenoxy) is 1. The SMILES string of the molecule is CC(Oc1ccc(Cl)c(C(=O)O)n1)c1ccccc1. The molecule has 0 aliphatic rings. The third-order valence-corrected chi connectivity index (χ3v) is 2.89. The van der Waals surface area contributed by atoms with Gasteiger partial charge in [-0.25, -0.2) is 9.78 Å². The number of hydrogen-bond donors (Lipinski definition) is 1. The van der Waals surface area contributed by atoms with E-state index in [1.807, 2.05) is 37.3 Å². The van der Waals surface area contributed by atoms with Gasteiger partial charge in [-0.15, -0.1) is 0 Å². The van der Waals surface area contributed by atoms with Crippen molar-refractivity contribution in [1.29, 1.82) is 0 Å². The van der Waals surface area contributed by atoms with Crippen molar-refractivity contribution in [2.24, 2.45) is 0 Å². The molecule has 0 saturated carbocycles. The number of carboxylic acids is 1. The van der Waals surface area contributed by atoms with Gasteiger partial charge >= 0.3 is 5.97 Å². The number of aromatic carboxylic acids is 1. The van der Waals surface area contributed by atoms with E-state index in [1.54, 1.807) is 6.07 Å². The highest BCUT2D eigenvalue weighted by atomic mass is 35.5. The summed E-state index contributed by atoms with van der Waals surface area (Å²) in [7, 11) is 0. The smallest absolute Gasteiger partial charge is 0.356 e. The maximum Gasteiger partial charge on any atom is 0.356 e. The predicted molar refractivity (Wildman–Crippen MR) is 71.7 cm³/mol. The Morgan fingerprint density at radius 3 is 2.58 bits per heavy atom. The van der Waals surface area contributed by atoms with Gasteiger partial charge in [0.1, 0.15) is 6.10 Å². The van der Waals surface area contributed by atoms with Crippen LogP contribution in [-0.2, 0) is 0 Å². The molecule has 0 radical (unpaired) electrons. The highest BCUT2D eigenvalue weighted by Crippen LogP contribution is 2.23. The van der Waals surface area contributed by atoms with Gasteiger partial charge in [-0.3, -0.25) is 0 Å². The van der Waals surface area contributed by atoms with Gasteiger partial charge in [0.2, 0.25) is 5.88 Å². The first kappa shape index (κ1) is 13.4. The van der Waals surface area contributed by atoms with Gasteiger partial charge in [0.15, 0.2) is 5.69 Å². The van der Waals surface area contributed by atoms with Crippen molar-refractivity contribution in [3.8, 4) is 5.88 Å². The zero-order valence-corrected chi connectivity index (χ0v) is 11.0. The van der Waals surface area contributed by atoms with Crippen LogP contribution in [0.4, 0.5) is 0 Å². The lowest BCUT2D eigenvalue weighted by Gasteiger charge is -2.14. The van der Waals surface area contributed by atoms with Crippen molar-refractivity contribution in [2.45, 2.75) is 13.0 Å². The molecule has 1 unspecified atom stereocenters. The van der Waals surface area contributed by atoms with E-state index in [1.165, 1.54) is 6.07 Å². The zero-order valence-electron chi connectivity index (χ0n) is 10.2. The van der Waals surface area contributed by atoms with E-state index in [2.05, 4.69) is 4.98 Å². The van der Waals surface area contributed by atoms with Crippen LogP contribution in [0.1, 0.15) is 29.1 Å². The summed E-state index contributed by atoms with van der Waals surface area (Å²) in [5.74, 6) is -0.944. The van der Waals surface area contributed by atoms with E-state index in [4.69, 9.17) is 21.4 Å². The van der Waals surface area contributed by atoms with E-state index in [0.717, 1.165) is 5.56 Å². The molecular weight excluding hydrogens is 266 g/mol. The van der Waals surface area contributed by atoms with Gasteiger partial charge in [0.05, 0.1) is 5.02 Å². The maximum absolute atomic E-state index is 10.9. The lowest BCUT2D eigenvalue weighted by Crippen LogP contribution is -2.07. The minimum absolute atomic E-state index is 0.0900. The van der Waals surface area contributed by atoms with Crippen molar-refractivity contribution in [2.75, 3.05) is 0 Å². The molecule has 2 aromatic rings. The Labute approximate surface area is 115 Å². The third-order valence-electron chi connectivity index (χ3n) is 2.59. The second-order valence-corrected chi connectivity index (χ2v) is 4.36. The minimum atomic E-state index is -1.18. The summed E-state index contributed by atoms with van der Waals surface area (Å²) < 4.78 is 5.61. The number of benzene rings is 1. The molecule has 0 bridgehead atoms. The van der Waals surface area contributed by atoms with Gasteiger partial charge in [0.25, 0.3) is 0 Å². The van der Waals surface area contributed by atoms with Crippen LogP contribution in [-0.4, -0.2) is 16.1 Å². The molecule has 98 valence electrons. The first-order chi connectivity index (χ1) is 9.08. The molecule has 1 heterocycles. The van der Waals surface area contributed by atoms with Gasteiger partial charge in [-0.05, 0) is 18.6 Å². The molecule has 0 fully saturated rings. The van der Waals surface area contributed by atoms with Gasteiger partial charge in [0, 0.05) is 6.07 Å². The summed E-state index contributed by atoms with van der Waals surface area (Å²) in [5.41, 5.74) is 0.774. The molecule has 5 heteroatoms. The number of rotatable bonds is 4. The van der Waals surface area contributed by atoms with Crippen LogP contribution < -0.4 is 4.74 Å². The zero-order chi connectivity index (χ0) is 13.8. The van der Waals surface area contributed by atoms with Crippen molar-refractivity contribution in [3.05, 3.63) is 58.7 Å². The molecule has 4 nitrogen and oxygen atoms in total. The standard InChI is InChI=1S/C14H12ClNO3/c1-9(10-5-3-2-4-6-10)19-12-8-7-11(15)13(16-12)14(17)18/h2-9H,1H3,(H,17,18). The van der Waals surface area contributed by atoms with Crippen LogP contribution in [0.25, 0.3) is 0 Å². The Hall–Kier alpha value is -2.07. The van der Waals surface area contributed by atoms with Crippen LogP contribution in [0.3, 0.4) is 0 Å². The summed E-state index contributed by atoms with van der Waals surface area (Å²) in [6.45, 7) is 1.87. The van der Waals surface area contributed by atoms with Gasteiger partial charge in [-0.1, -0.05) is 41.9 Å². The average molecular weight is 278 g/mol. The van der Waals surface area contributed by atoms with Crippen molar-refractivity contribution in [1.82, 2.24) is 4.98 Å². The Morgan fingerprint density at radius 2 is 1.95 bits per heavy atom. The molecule has 0 spiro atoms. The minimum Gasteiger partial charge on any atom is -0.476 e. The molecule has 1 atom stereocenters. The fourth-order valence-electron chi connectivity index (χ4n) is 1.61. The molecule has 0 amide bonds. The highest BCUT2D eigenvalue weighted by molar-refractivity contribution is 6.33. The molecule has 19 heavy (non-hydrogen) atoms. The fourth-order valence-corrected chi connectivity index (χ4v) is 1.80. The topological polar surface area (TPSA) is 59.4 Å². The predicted octanol–water partition coefficient (Wildman–Crippen LogP) is 3.57. The molecule has 1 aromatic heterocycles. The number of halogens is 1. The molecule has 1 aromatic carbocycles. The van der Waals surface area contributed by atoms with Crippen LogP contribution in [0.15, 0.2) is 42.5 Å². The summed E-state index contributed by atoms with van der Waals surface area (Å²) >= 11 is 5.75. The largest absolute Gasteiger partial charge is 0.476 e. The molecule has 0 saturated heterocycles. The van der Waals surface area contributed by atoms with Gasteiger partial charge < -0.3 is 9.84 Å². The van der Waals surface area contributed by atoms with E-state index in [9.17, 15) is 4.79 Å². The van der Waals surface area contributed by atoms with E-state index in [0.29, 0.717) is 0 Å². The monoisotopic (exact) mass is 277 g/mol. The summed E-state index contributed by atoms with van der Waals surface area (Å²) in [6, 6.07) is 12.6. The van der Waals surface area contributed by atoms with Crippen molar-refractivity contribution < 1.29 is 14.6 Å². The van der Waals surface area contributed by atoms with Crippen LogP contribution in [0.2, 0.25) is 5.02 Å². The van der Waals surface area contributed by atoms with Gasteiger partial charge in [-0.2, -0.15) is 0 Å². The first-order valence-electron chi connectivity index (χ1n) is 5.69. The fraction of sp³-hybridized carbons (Fsp3) is 0.143. The Kier molecular flexibility index (Phi) is 4.02. The lowest BCUT2D eigenvalue weighted by molar-refractivity contribution is 0.0688. The summed E-state index contributed by atoms with van der Waals surface area (Å²) in [6.07, 6.45) is -0.225. The number of carboxylic acid groups (broad SMARTS) is 1. The number of carbonyl (C=O) groups is 1. The molecular formula is C14H12ClNO3. The summed E-state index contributed by atoms with van der Waals surface area (Å²) in [5, 5.41) is 9.03. The Morgan fingerprint density at radius 1 is 1.26 bits per heavy atom. The lowest BCUT2D eigenvalue weighted by atomic mass is 10.1. The maximum atomic E-state index is 10.9. The van der Waals surface area contributed by atoms with Crippen LogP contribution >= 0.6 is 11.6 Å². The van der Waals surface area contributed by atoms with Crippen LogP contribution in [0, 0.1) is 0 Å². The van der Waals surface area contributed by atoms with Crippen LogP contribution in [0.5, 0.6) is 5.88 Å². The molecule has 0 aliphatic heterocycles.